The first kappa shape index (κ1) is 11.0. The molecule has 1 atom stereocenters. The van der Waals surface area contributed by atoms with E-state index in [0.29, 0.717) is 6.04 Å². The zero-order valence-corrected chi connectivity index (χ0v) is 10.5. The number of hydrogen-bond donors (Lipinski definition) is 0. The summed E-state index contributed by atoms with van der Waals surface area (Å²) in [6.45, 7) is 2.23. The molecule has 1 aromatic heterocycles. The van der Waals surface area contributed by atoms with Gasteiger partial charge in [-0.1, -0.05) is 48.5 Å². The molecular weight excluding hydrogens is 218 g/mol. The van der Waals surface area contributed by atoms with Crippen LogP contribution in [0.2, 0.25) is 0 Å². The van der Waals surface area contributed by atoms with Gasteiger partial charge in [0.25, 0.3) is 0 Å². The first-order chi connectivity index (χ1) is 8.84. The standard InChI is InChI=1S/C17H16N/c1-14(15-7-3-2-4-8-15)18-12-11-16-9-5-6-10-17(16)13-18/h2-14H,1H3/q+1. The molecule has 0 saturated heterocycles. The Bertz CT molecular complexity index is 659. The highest BCUT2D eigenvalue weighted by Gasteiger charge is 2.14. The SMILES string of the molecule is CC(c1ccccc1)[n+]1ccc2ccccc2c1. The lowest BCUT2D eigenvalue weighted by Crippen LogP contribution is -2.37. The molecule has 0 fully saturated rings. The summed E-state index contributed by atoms with van der Waals surface area (Å²) in [5, 5.41) is 2.57. The van der Waals surface area contributed by atoms with Gasteiger partial charge >= 0.3 is 0 Å². The van der Waals surface area contributed by atoms with E-state index in [1.165, 1.54) is 16.3 Å². The van der Waals surface area contributed by atoms with Crippen LogP contribution < -0.4 is 4.57 Å². The van der Waals surface area contributed by atoms with Gasteiger partial charge in [-0.3, -0.25) is 0 Å². The van der Waals surface area contributed by atoms with E-state index >= 15 is 0 Å². The second kappa shape index (κ2) is 4.61. The van der Waals surface area contributed by atoms with Crippen LogP contribution in [-0.4, -0.2) is 0 Å². The van der Waals surface area contributed by atoms with Crippen LogP contribution in [0.15, 0.2) is 73.1 Å². The highest BCUT2D eigenvalue weighted by Crippen LogP contribution is 2.14. The maximum Gasteiger partial charge on any atom is 0.180 e. The van der Waals surface area contributed by atoms with Crippen molar-refractivity contribution in [3.63, 3.8) is 0 Å². The van der Waals surface area contributed by atoms with E-state index in [0.717, 1.165) is 0 Å². The van der Waals surface area contributed by atoms with Gasteiger partial charge in [0.2, 0.25) is 0 Å². The lowest BCUT2D eigenvalue weighted by atomic mass is 10.1. The average molecular weight is 234 g/mol. The summed E-state index contributed by atoms with van der Waals surface area (Å²) in [5.74, 6) is 0. The topological polar surface area (TPSA) is 3.88 Å². The number of pyridine rings is 1. The molecule has 0 amide bonds. The van der Waals surface area contributed by atoms with E-state index in [9.17, 15) is 0 Å². The van der Waals surface area contributed by atoms with E-state index in [1.807, 2.05) is 0 Å². The molecule has 1 heteroatoms. The van der Waals surface area contributed by atoms with Crippen LogP contribution in [0.25, 0.3) is 10.8 Å². The van der Waals surface area contributed by atoms with E-state index < -0.39 is 0 Å². The Balaban J connectivity index is 2.04. The molecular formula is C17H16N+. The van der Waals surface area contributed by atoms with E-state index in [1.54, 1.807) is 0 Å². The van der Waals surface area contributed by atoms with Crippen LogP contribution in [0.3, 0.4) is 0 Å². The van der Waals surface area contributed by atoms with Crippen LogP contribution in [0.1, 0.15) is 18.5 Å². The van der Waals surface area contributed by atoms with Crippen molar-refractivity contribution in [1.82, 2.24) is 0 Å². The quantitative estimate of drug-likeness (QED) is 0.595. The lowest BCUT2D eigenvalue weighted by molar-refractivity contribution is -0.709. The number of benzene rings is 2. The summed E-state index contributed by atoms with van der Waals surface area (Å²) >= 11 is 0. The third kappa shape index (κ3) is 2.00. The molecule has 0 radical (unpaired) electrons. The largest absolute Gasteiger partial charge is 0.198 e. The molecule has 0 N–H and O–H groups in total. The van der Waals surface area contributed by atoms with Crippen molar-refractivity contribution in [2.45, 2.75) is 13.0 Å². The molecule has 0 saturated carbocycles. The highest BCUT2D eigenvalue weighted by molar-refractivity contribution is 5.80. The number of rotatable bonds is 2. The van der Waals surface area contributed by atoms with E-state index in [-0.39, 0.29) is 0 Å². The van der Waals surface area contributed by atoms with Gasteiger partial charge in [0.05, 0.1) is 0 Å². The fraction of sp³-hybridized carbons (Fsp3) is 0.118. The predicted octanol–water partition coefficient (Wildman–Crippen LogP) is 3.74. The number of hydrogen-bond acceptors (Lipinski definition) is 0. The Kier molecular flexibility index (Phi) is 2.81. The van der Waals surface area contributed by atoms with Crippen LogP contribution in [0.4, 0.5) is 0 Å². The maximum atomic E-state index is 2.26. The normalized spacial score (nSPS) is 12.5. The molecule has 1 heterocycles. The summed E-state index contributed by atoms with van der Waals surface area (Å²) in [4.78, 5) is 0. The highest BCUT2D eigenvalue weighted by atomic mass is 15.0. The van der Waals surface area contributed by atoms with Gasteiger partial charge in [0, 0.05) is 23.9 Å². The van der Waals surface area contributed by atoms with Gasteiger partial charge in [-0.15, -0.1) is 0 Å². The van der Waals surface area contributed by atoms with Crippen molar-refractivity contribution in [2.24, 2.45) is 0 Å². The fourth-order valence-corrected chi connectivity index (χ4v) is 2.29. The van der Waals surface area contributed by atoms with Crippen molar-refractivity contribution in [3.8, 4) is 0 Å². The minimum atomic E-state index is 0.357. The second-order valence-corrected chi connectivity index (χ2v) is 4.61. The third-order valence-corrected chi connectivity index (χ3v) is 3.44. The van der Waals surface area contributed by atoms with E-state index in [2.05, 4.69) is 84.5 Å². The van der Waals surface area contributed by atoms with Crippen molar-refractivity contribution < 1.29 is 4.57 Å². The van der Waals surface area contributed by atoms with Gasteiger partial charge in [-0.25, -0.2) is 0 Å². The molecule has 18 heavy (non-hydrogen) atoms. The molecule has 3 aromatic rings. The molecule has 3 rings (SSSR count). The molecule has 0 aliphatic rings. The van der Waals surface area contributed by atoms with Gasteiger partial charge in [-0.05, 0) is 11.5 Å². The maximum absolute atomic E-state index is 2.26. The molecule has 1 nitrogen and oxygen atoms in total. The van der Waals surface area contributed by atoms with Gasteiger partial charge < -0.3 is 0 Å². The number of aromatic nitrogens is 1. The number of nitrogens with zero attached hydrogens (tertiary/aromatic N) is 1. The minimum Gasteiger partial charge on any atom is -0.198 e. The summed E-state index contributed by atoms with van der Waals surface area (Å²) < 4.78 is 2.26. The molecule has 88 valence electrons. The summed E-state index contributed by atoms with van der Waals surface area (Å²) in [5.41, 5.74) is 1.33. The Morgan fingerprint density at radius 2 is 1.44 bits per heavy atom. The minimum absolute atomic E-state index is 0.357. The fourth-order valence-electron chi connectivity index (χ4n) is 2.29. The van der Waals surface area contributed by atoms with Crippen molar-refractivity contribution in [2.75, 3.05) is 0 Å². The molecule has 1 unspecified atom stereocenters. The van der Waals surface area contributed by atoms with E-state index in [4.69, 9.17) is 0 Å². The Morgan fingerprint density at radius 3 is 2.22 bits per heavy atom. The number of fused-ring (bicyclic) bond motifs is 1. The molecule has 0 spiro atoms. The predicted molar refractivity (Wildman–Crippen MR) is 74.4 cm³/mol. The second-order valence-electron chi connectivity index (χ2n) is 4.61. The summed E-state index contributed by atoms with van der Waals surface area (Å²) in [6, 6.07) is 21.6. The molecule has 0 bridgehead atoms. The lowest BCUT2D eigenvalue weighted by Gasteiger charge is -2.07. The molecule has 0 aliphatic heterocycles. The third-order valence-electron chi connectivity index (χ3n) is 3.44. The first-order valence-corrected chi connectivity index (χ1v) is 6.29. The first-order valence-electron chi connectivity index (χ1n) is 6.29. The van der Waals surface area contributed by atoms with Gasteiger partial charge in [0.15, 0.2) is 18.4 Å². The monoisotopic (exact) mass is 234 g/mol. The Hall–Kier alpha value is -2.15. The Labute approximate surface area is 107 Å². The summed E-state index contributed by atoms with van der Waals surface area (Å²) in [6.07, 6.45) is 4.37. The van der Waals surface area contributed by atoms with Crippen LogP contribution >= 0.6 is 0 Å². The smallest absolute Gasteiger partial charge is 0.180 e. The Morgan fingerprint density at radius 1 is 0.778 bits per heavy atom. The van der Waals surface area contributed by atoms with Crippen LogP contribution in [0, 0.1) is 0 Å². The van der Waals surface area contributed by atoms with Gasteiger partial charge in [-0.2, -0.15) is 4.57 Å². The van der Waals surface area contributed by atoms with Crippen molar-refractivity contribution in [3.05, 3.63) is 78.6 Å². The zero-order chi connectivity index (χ0) is 12.4. The zero-order valence-electron chi connectivity index (χ0n) is 10.5. The average Bonchev–Trinajstić information content (AvgIpc) is 2.47. The van der Waals surface area contributed by atoms with Crippen molar-refractivity contribution in [1.29, 1.82) is 0 Å². The van der Waals surface area contributed by atoms with Crippen molar-refractivity contribution >= 4 is 10.8 Å². The summed E-state index contributed by atoms with van der Waals surface area (Å²) in [7, 11) is 0. The van der Waals surface area contributed by atoms with Gasteiger partial charge in [0.1, 0.15) is 0 Å². The molecule has 2 aromatic carbocycles. The molecule has 0 aliphatic carbocycles. The van der Waals surface area contributed by atoms with Crippen LogP contribution in [-0.2, 0) is 0 Å². The van der Waals surface area contributed by atoms with Crippen LogP contribution in [0.5, 0.6) is 0 Å².